The second kappa shape index (κ2) is 9.63. The molecule has 0 amide bonds. The van der Waals surface area contributed by atoms with E-state index >= 15 is 0 Å². The summed E-state index contributed by atoms with van der Waals surface area (Å²) in [6, 6.07) is 0. The van der Waals surface area contributed by atoms with Crippen molar-refractivity contribution in [1.82, 2.24) is 0 Å². The maximum absolute atomic E-state index is 11.7. The summed E-state index contributed by atoms with van der Waals surface area (Å²) in [6.07, 6.45) is 4.96. The highest BCUT2D eigenvalue weighted by Crippen LogP contribution is 2.10. The quantitative estimate of drug-likeness (QED) is 0.168. The Kier molecular flexibility index (Phi) is 8.74. The summed E-state index contributed by atoms with van der Waals surface area (Å²) < 4.78 is 0. The first-order valence-corrected chi connectivity index (χ1v) is 5.88. The number of oxime groups is 1. The first kappa shape index (κ1) is 15.4. The van der Waals surface area contributed by atoms with Crippen molar-refractivity contribution in [2.45, 2.75) is 39.5 Å². The number of aliphatic hydroxyl groups is 1. The lowest BCUT2D eigenvalue weighted by Gasteiger charge is -2.07. The number of carbonyl (C=O) groups excluding carboxylic acids is 1. The van der Waals surface area contributed by atoms with Crippen LogP contribution >= 0.6 is 0 Å². The van der Waals surface area contributed by atoms with Crippen molar-refractivity contribution in [3.05, 3.63) is 24.5 Å². The van der Waals surface area contributed by atoms with Gasteiger partial charge in [0.25, 0.3) is 0 Å². The molecule has 1 N–H and O–H groups in total. The van der Waals surface area contributed by atoms with Crippen LogP contribution in [0.5, 0.6) is 0 Å². The molecular formula is C13H21NO3. The lowest BCUT2D eigenvalue weighted by atomic mass is 10.0. The SMILES string of the molecule is C=CCON=C(CCC)C(=CO)C(=O)CCC. The van der Waals surface area contributed by atoms with E-state index in [9.17, 15) is 4.79 Å². The molecule has 0 fully saturated rings. The van der Waals surface area contributed by atoms with E-state index in [2.05, 4.69) is 11.7 Å². The predicted octanol–water partition coefficient (Wildman–Crippen LogP) is 3.16. The minimum Gasteiger partial charge on any atom is -0.515 e. The normalized spacial score (nSPS) is 12.4. The molecule has 0 aliphatic carbocycles. The van der Waals surface area contributed by atoms with Crippen molar-refractivity contribution < 1.29 is 14.7 Å². The van der Waals surface area contributed by atoms with Crippen LogP contribution in [0.4, 0.5) is 0 Å². The van der Waals surface area contributed by atoms with Crippen molar-refractivity contribution in [1.29, 1.82) is 0 Å². The molecule has 0 radical (unpaired) electrons. The summed E-state index contributed by atoms with van der Waals surface area (Å²) in [5, 5.41) is 13.0. The van der Waals surface area contributed by atoms with Crippen LogP contribution in [0.1, 0.15) is 39.5 Å². The van der Waals surface area contributed by atoms with Crippen LogP contribution in [0.3, 0.4) is 0 Å². The number of carbonyl (C=O) groups is 1. The Balaban J connectivity index is 4.80. The van der Waals surface area contributed by atoms with E-state index in [0.29, 0.717) is 18.6 Å². The van der Waals surface area contributed by atoms with Gasteiger partial charge in [0.05, 0.1) is 17.5 Å². The van der Waals surface area contributed by atoms with Gasteiger partial charge in [0, 0.05) is 6.42 Å². The third kappa shape index (κ3) is 5.90. The molecule has 17 heavy (non-hydrogen) atoms. The lowest BCUT2D eigenvalue weighted by Crippen LogP contribution is -2.13. The van der Waals surface area contributed by atoms with E-state index in [-0.39, 0.29) is 18.0 Å². The molecule has 0 saturated heterocycles. The van der Waals surface area contributed by atoms with Crippen LogP contribution in [0.25, 0.3) is 0 Å². The van der Waals surface area contributed by atoms with Gasteiger partial charge in [-0.25, -0.2) is 0 Å². The second-order valence-corrected chi connectivity index (χ2v) is 3.59. The molecule has 0 heterocycles. The molecule has 0 aromatic heterocycles. The van der Waals surface area contributed by atoms with Gasteiger partial charge in [0.15, 0.2) is 5.78 Å². The van der Waals surface area contributed by atoms with Crippen LogP contribution < -0.4 is 0 Å². The number of ketones is 1. The van der Waals surface area contributed by atoms with Gasteiger partial charge in [0.2, 0.25) is 0 Å². The van der Waals surface area contributed by atoms with Crippen LogP contribution in [-0.4, -0.2) is 23.2 Å². The van der Waals surface area contributed by atoms with Gasteiger partial charge in [-0.15, -0.1) is 0 Å². The zero-order valence-corrected chi connectivity index (χ0v) is 10.6. The number of Topliss-reactive ketones (excluding diaryl/α,β-unsaturated/α-hetero) is 1. The number of nitrogens with zero attached hydrogens (tertiary/aromatic N) is 1. The fourth-order valence-electron chi connectivity index (χ4n) is 1.30. The third-order valence-corrected chi connectivity index (χ3v) is 2.07. The summed E-state index contributed by atoms with van der Waals surface area (Å²) in [7, 11) is 0. The third-order valence-electron chi connectivity index (χ3n) is 2.07. The summed E-state index contributed by atoms with van der Waals surface area (Å²) in [6.45, 7) is 7.68. The van der Waals surface area contributed by atoms with Gasteiger partial charge in [0.1, 0.15) is 6.61 Å². The Morgan fingerprint density at radius 3 is 2.47 bits per heavy atom. The molecule has 4 heteroatoms. The monoisotopic (exact) mass is 239 g/mol. The maximum Gasteiger partial charge on any atom is 0.167 e. The Morgan fingerprint density at radius 1 is 1.35 bits per heavy atom. The Labute approximate surface area is 103 Å². The molecule has 0 atom stereocenters. The molecule has 4 nitrogen and oxygen atoms in total. The highest BCUT2D eigenvalue weighted by atomic mass is 16.6. The summed E-state index contributed by atoms with van der Waals surface area (Å²) >= 11 is 0. The van der Waals surface area contributed by atoms with E-state index in [1.165, 1.54) is 0 Å². The van der Waals surface area contributed by atoms with Crippen LogP contribution in [0, 0.1) is 0 Å². The van der Waals surface area contributed by atoms with Crippen LogP contribution in [0.2, 0.25) is 0 Å². The molecule has 0 bridgehead atoms. The smallest absolute Gasteiger partial charge is 0.167 e. The molecule has 0 rings (SSSR count). The minimum atomic E-state index is -0.107. The number of aliphatic hydroxyl groups excluding tert-OH is 1. The Morgan fingerprint density at radius 2 is 2.00 bits per heavy atom. The molecule has 0 spiro atoms. The first-order chi connectivity index (χ1) is 8.21. The van der Waals surface area contributed by atoms with Crippen LogP contribution in [0.15, 0.2) is 29.6 Å². The molecule has 0 aliphatic heterocycles. The van der Waals surface area contributed by atoms with Crippen molar-refractivity contribution in [3.63, 3.8) is 0 Å². The molecule has 0 aromatic rings. The van der Waals surface area contributed by atoms with Crippen molar-refractivity contribution in [3.8, 4) is 0 Å². The largest absolute Gasteiger partial charge is 0.515 e. The lowest BCUT2D eigenvalue weighted by molar-refractivity contribution is -0.115. The molecule has 96 valence electrons. The first-order valence-electron chi connectivity index (χ1n) is 5.88. The van der Waals surface area contributed by atoms with Crippen molar-refractivity contribution >= 4 is 11.5 Å². The number of allylic oxidation sites excluding steroid dienone is 1. The Hall–Kier alpha value is -1.58. The van der Waals surface area contributed by atoms with Crippen LogP contribution in [-0.2, 0) is 9.63 Å². The average Bonchev–Trinajstić information content (AvgIpc) is 2.30. The number of rotatable bonds is 9. The molecule has 0 aliphatic rings. The van der Waals surface area contributed by atoms with Gasteiger partial charge < -0.3 is 9.94 Å². The minimum absolute atomic E-state index is 0.107. The molecule has 0 saturated carbocycles. The highest BCUT2D eigenvalue weighted by molar-refractivity contribution is 6.21. The predicted molar refractivity (Wildman–Crippen MR) is 69.1 cm³/mol. The fraction of sp³-hybridized carbons (Fsp3) is 0.538. The second-order valence-electron chi connectivity index (χ2n) is 3.59. The molecule has 0 unspecified atom stereocenters. The van der Waals surface area contributed by atoms with Gasteiger partial charge in [-0.1, -0.05) is 38.1 Å². The standard InChI is InChI=1S/C13H21NO3/c1-4-7-12(14-17-9-6-3)11(10-15)13(16)8-5-2/h6,10,15H,3-5,7-9H2,1-2H3. The van der Waals surface area contributed by atoms with E-state index < -0.39 is 0 Å². The molecular weight excluding hydrogens is 218 g/mol. The van der Waals surface area contributed by atoms with Gasteiger partial charge >= 0.3 is 0 Å². The van der Waals surface area contributed by atoms with Gasteiger partial charge in [-0.05, 0) is 12.8 Å². The van der Waals surface area contributed by atoms with Crippen molar-refractivity contribution in [2.24, 2.45) is 5.16 Å². The highest BCUT2D eigenvalue weighted by Gasteiger charge is 2.15. The average molecular weight is 239 g/mol. The van der Waals surface area contributed by atoms with E-state index in [1.807, 2.05) is 13.8 Å². The summed E-state index contributed by atoms with van der Waals surface area (Å²) in [5.74, 6) is -0.107. The van der Waals surface area contributed by atoms with E-state index in [4.69, 9.17) is 9.94 Å². The van der Waals surface area contributed by atoms with Gasteiger partial charge in [-0.3, -0.25) is 4.79 Å². The maximum atomic E-state index is 11.7. The zero-order chi connectivity index (χ0) is 13.1. The fourth-order valence-corrected chi connectivity index (χ4v) is 1.30. The number of hydrogen-bond donors (Lipinski definition) is 1. The van der Waals surface area contributed by atoms with E-state index in [1.54, 1.807) is 6.08 Å². The molecule has 0 aromatic carbocycles. The van der Waals surface area contributed by atoms with Gasteiger partial charge in [-0.2, -0.15) is 0 Å². The van der Waals surface area contributed by atoms with Crippen molar-refractivity contribution in [2.75, 3.05) is 6.61 Å². The summed E-state index contributed by atoms with van der Waals surface area (Å²) in [5.41, 5.74) is 0.744. The Bertz CT molecular complexity index is 306. The zero-order valence-electron chi connectivity index (χ0n) is 10.6. The van der Waals surface area contributed by atoms with E-state index in [0.717, 1.165) is 19.1 Å². The topological polar surface area (TPSA) is 58.9 Å². The summed E-state index contributed by atoms with van der Waals surface area (Å²) in [4.78, 5) is 16.7. The number of hydrogen-bond acceptors (Lipinski definition) is 4.